The fourth-order valence-corrected chi connectivity index (χ4v) is 2.38. The maximum atomic E-state index is 12.3. The summed E-state index contributed by atoms with van der Waals surface area (Å²) >= 11 is 12.0. The lowest BCUT2D eigenvalue weighted by atomic mass is 10.1. The van der Waals surface area contributed by atoms with E-state index in [1.54, 1.807) is 25.1 Å². The molecule has 1 N–H and O–H groups in total. The number of carbonyl (C=O) groups is 1. The van der Waals surface area contributed by atoms with Gasteiger partial charge in [0.2, 0.25) is 0 Å². The van der Waals surface area contributed by atoms with E-state index in [0.717, 1.165) is 16.9 Å². The topological polar surface area (TPSA) is 38.3 Å². The van der Waals surface area contributed by atoms with Crippen LogP contribution in [0.1, 0.15) is 18.1 Å². The second kappa shape index (κ2) is 7.03. The molecule has 2 aromatic carbocycles. The van der Waals surface area contributed by atoms with Crippen molar-refractivity contribution in [2.24, 2.45) is 0 Å². The molecule has 5 heteroatoms. The van der Waals surface area contributed by atoms with Crippen LogP contribution in [0.3, 0.4) is 0 Å². The van der Waals surface area contributed by atoms with Crippen LogP contribution in [0.15, 0.2) is 36.4 Å². The van der Waals surface area contributed by atoms with Crippen LogP contribution in [0, 0.1) is 13.8 Å². The summed E-state index contributed by atoms with van der Waals surface area (Å²) in [6, 6.07) is 10.7. The minimum atomic E-state index is -0.658. The first-order chi connectivity index (χ1) is 10.4. The molecule has 0 fully saturated rings. The van der Waals surface area contributed by atoms with Crippen LogP contribution >= 0.6 is 23.2 Å². The van der Waals surface area contributed by atoms with Gasteiger partial charge in [0.25, 0.3) is 5.91 Å². The Balaban J connectivity index is 2.11. The van der Waals surface area contributed by atoms with Crippen molar-refractivity contribution in [1.29, 1.82) is 0 Å². The molecule has 2 rings (SSSR count). The molecule has 0 radical (unpaired) electrons. The second-order valence-electron chi connectivity index (χ2n) is 5.09. The van der Waals surface area contributed by atoms with Crippen LogP contribution < -0.4 is 10.1 Å². The molecule has 0 saturated heterocycles. The van der Waals surface area contributed by atoms with Crippen molar-refractivity contribution < 1.29 is 9.53 Å². The lowest BCUT2D eigenvalue weighted by molar-refractivity contribution is -0.122. The normalized spacial score (nSPS) is 11.9. The highest BCUT2D eigenvalue weighted by Gasteiger charge is 2.18. The van der Waals surface area contributed by atoms with Crippen molar-refractivity contribution in [3.8, 4) is 5.75 Å². The number of benzene rings is 2. The van der Waals surface area contributed by atoms with Gasteiger partial charge in [-0.15, -0.1) is 0 Å². The maximum Gasteiger partial charge on any atom is 0.265 e. The number of amides is 1. The van der Waals surface area contributed by atoms with Gasteiger partial charge in [-0.1, -0.05) is 41.4 Å². The molecular weight excluding hydrogens is 321 g/mol. The molecule has 0 bridgehead atoms. The molecule has 22 heavy (non-hydrogen) atoms. The molecule has 116 valence electrons. The summed E-state index contributed by atoms with van der Waals surface area (Å²) in [5.74, 6) is 0.439. The van der Waals surface area contributed by atoms with E-state index in [9.17, 15) is 4.79 Å². The van der Waals surface area contributed by atoms with Gasteiger partial charge in [-0.2, -0.15) is 0 Å². The number of nitrogens with one attached hydrogen (secondary N) is 1. The van der Waals surface area contributed by atoms with Gasteiger partial charge in [0.05, 0.1) is 10.7 Å². The number of carbonyl (C=O) groups excluding carboxylic acids is 1. The third kappa shape index (κ3) is 3.93. The Morgan fingerprint density at radius 1 is 1.14 bits per heavy atom. The summed E-state index contributed by atoms with van der Waals surface area (Å²) in [6.07, 6.45) is -0.658. The third-order valence-corrected chi connectivity index (χ3v) is 3.82. The van der Waals surface area contributed by atoms with Gasteiger partial charge < -0.3 is 10.1 Å². The van der Waals surface area contributed by atoms with Crippen LogP contribution in [-0.4, -0.2) is 12.0 Å². The van der Waals surface area contributed by atoms with Crippen molar-refractivity contribution >= 4 is 34.8 Å². The Hall–Kier alpha value is -1.71. The zero-order chi connectivity index (χ0) is 16.3. The molecule has 2 aromatic rings. The van der Waals surface area contributed by atoms with E-state index in [2.05, 4.69) is 5.32 Å². The highest BCUT2D eigenvalue weighted by atomic mass is 35.5. The number of anilines is 1. The van der Waals surface area contributed by atoms with Gasteiger partial charge in [-0.25, -0.2) is 0 Å². The number of hydrogen-bond acceptors (Lipinski definition) is 2. The Morgan fingerprint density at radius 2 is 1.77 bits per heavy atom. The van der Waals surface area contributed by atoms with Crippen molar-refractivity contribution in [2.45, 2.75) is 26.9 Å². The molecule has 1 atom stereocenters. The Morgan fingerprint density at radius 3 is 2.41 bits per heavy atom. The first kappa shape index (κ1) is 16.7. The van der Waals surface area contributed by atoms with E-state index >= 15 is 0 Å². The quantitative estimate of drug-likeness (QED) is 0.850. The summed E-state index contributed by atoms with van der Waals surface area (Å²) < 4.78 is 5.79. The van der Waals surface area contributed by atoms with Crippen LogP contribution in [0.25, 0.3) is 0 Å². The maximum absolute atomic E-state index is 12.3. The lowest BCUT2D eigenvalue weighted by Gasteiger charge is -2.18. The fraction of sp³-hybridized carbons (Fsp3) is 0.235. The molecule has 1 amide bonds. The summed E-state index contributed by atoms with van der Waals surface area (Å²) in [4.78, 5) is 12.3. The molecule has 3 nitrogen and oxygen atoms in total. The minimum absolute atomic E-state index is 0.285. The van der Waals surface area contributed by atoms with Crippen LogP contribution in [0.5, 0.6) is 5.75 Å². The fourth-order valence-electron chi connectivity index (χ4n) is 2.04. The second-order valence-corrected chi connectivity index (χ2v) is 5.94. The van der Waals surface area contributed by atoms with Gasteiger partial charge in [0.15, 0.2) is 6.10 Å². The monoisotopic (exact) mass is 337 g/mol. The lowest BCUT2D eigenvalue weighted by Crippen LogP contribution is -2.30. The number of rotatable bonds is 4. The Labute approximate surface area is 140 Å². The zero-order valence-corrected chi connectivity index (χ0v) is 14.1. The van der Waals surface area contributed by atoms with Crippen molar-refractivity contribution in [3.05, 3.63) is 57.6 Å². The first-order valence-electron chi connectivity index (χ1n) is 6.87. The van der Waals surface area contributed by atoms with Crippen molar-refractivity contribution in [2.75, 3.05) is 5.32 Å². The van der Waals surface area contributed by atoms with E-state index < -0.39 is 6.10 Å². The molecule has 0 aliphatic rings. The number of hydrogen-bond donors (Lipinski definition) is 1. The summed E-state index contributed by atoms with van der Waals surface area (Å²) in [7, 11) is 0. The van der Waals surface area contributed by atoms with E-state index in [0.29, 0.717) is 15.7 Å². The molecule has 0 aromatic heterocycles. The number of para-hydroxylation sites is 1. The third-order valence-electron chi connectivity index (χ3n) is 3.26. The predicted octanol–water partition coefficient (Wildman–Crippen LogP) is 5.02. The number of aryl methyl sites for hydroxylation is 2. The van der Waals surface area contributed by atoms with Gasteiger partial charge in [-0.3, -0.25) is 4.79 Å². The first-order valence-corrected chi connectivity index (χ1v) is 7.63. The van der Waals surface area contributed by atoms with Gasteiger partial charge >= 0.3 is 0 Å². The highest BCUT2D eigenvalue weighted by Crippen LogP contribution is 2.27. The molecule has 0 aliphatic heterocycles. The van der Waals surface area contributed by atoms with E-state index in [1.165, 1.54) is 0 Å². The summed E-state index contributed by atoms with van der Waals surface area (Å²) in [6.45, 7) is 5.58. The van der Waals surface area contributed by atoms with Crippen LogP contribution in [-0.2, 0) is 4.79 Å². The van der Waals surface area contributed by atoms with Gasteiger partial charge in [0, 0.05) is 5.02 Å². The average Bonchev–Trinajstić information content (AvgIpc) is 2.46. The molecule has 0 saturated carbocycles. The number of halogens is 2. The van der Waals surface area contributed by atoms with Crippen LogP contribution in [0.2, 0.25) is 10.0 Å². The predicted molar refractivity (Wildman–Crippen MR) is 91.1 cm³/mol. The van der Waals surface area contributed by atoms with E-state index in [4.69, 9.17) is 27.9 Å². The minimum Gasteiger partial charge on any atom is -0.480 e. The molecule has 0 aliphatic carbocycles. The molecule has 0 spiro atoms. The molecule has 0 unspecified atom stereocenters. The summed E-state index contributed by atoms with van der Waals surface area (Å²) in [5.41, 5.74) is 2.44. The molecular formula is C17H17Cl2NO2. The average molecular weight is 338 g/mol. The van der Waals surface area contributed by atoms with Crippen molar-refractivity contribution in [1.82, 2.24) is 0 Å². The van der Waals surface area contributed by atoms with Gasteiger partial charge in [-0.05, 0) is 50.1 Å². The highest BCUT2D eigenvalue weighted by molar-refractivity contribution is 6.35. The summed E-state index contributed by atoms with van der Waals surface area (Å²) in [5, 5.41) is 3.66. The SMILES string of the molecule is Cc1cccc(C)c1O[C@H](C)C(=O)Nc1cc(Cl)ccc1Cl. The van der Waals surface area contributed by atoms with Gasteiger partial charge in [0.1, 0.15) is 5.75 Å². The Kier molecular flexibility index (Phi) is 5.33. The number of ether oxygens (including phenoxy) is 1. The molecule has 0 heterocycles. The van der Waals surface area contributed by atoms with Crippen molar-refractivity contribution in [3.63, 3.8) is 0 Å². The Bertz CT molecular complexity index is 681. The standard InChI is InChI=1S/C17H17Cl2NO2/c1-10-5-4-6-11(2)16(10)22-12(3)17(21)20-15-9-13(18)7-8-14(15)19/h4-9,12H,1-3H3,(H,20,21)/t12-/m1/s1. The van der Waals surface area contributed by atoms with Crippen LogP contribution in [0.4, 0.5) is 5.69 Å². The smallest absolute Gasteiger partial charge is 0.265 e. The zero-order valence-electron chi connectivity index (χ0n) is 12.6. The van der Waals surface area contributed by atoms with E-state index in [1.807, 2.05) is 32.0 Å². The van der Waals surface area contributed by atoms with E-state index in [-0.39, 0.29) is 5.91 Å². The largest absolute Gasteiger partial charge is 0.480 e.